The van der Waals surface area contributed by atoms with Gasteiger partial charge < -0.3 is 14.9 Å². The highest BCUT2D eigenvalue weighted by Crippen LogP contribution is 2.20. The van der Waals surface area contributed by atoms with Gasteiger partial charge in [-0.15, -0.1) is 0 Å². The molecule has 1 atom stereocenters. The number of hydrogen-bond acceptors (Lipinski definition) is 3. The molecule has 142 valence electrons. The van der Waals surface area contributed by atoms with Gasteiger partial charge in [-0.05, 0) is 30.9 Å². The van der Waals surface area contributed by atoms with Gasteiger partial charge in [0.2, 0.25) is 11.8 Å². The summed E-state index contributed by atoms with van der Waals surface area (Å²) in [4.78, 5) is 39.0. The molecule has 1 aliphatic heterocycles. The van der Waals surface area contributed by atoms with Crippen molar-refractivity contribution in [1.82, 2.24) is 9.80 Å². The lowest BCUT2D eigenvalue weighted by Gasteiger charge is -2.32. The standard InChI is InChI=1S/C19H25ClN2O4/c1-13(11-15-5-3-4-6-16(15)20)18(24)21(2)12-17(23)22-9-7-14(8-10-22)19(25)26/h3-6,13-14H,7-12H2,1-2H3,(H,25,26). The Morgan fingerprint density at radius 3 is 2.46 bits per heavy atom. The zero-order chi connectivity index (χ0) is 19.3. The number of carboxylic acid groups (broad SMARTS) is 1. The van der Waals surface area contributed by atoms with E-state index in [1.165, 1.54) is 4.90 Å². The van der Waals surface area contributed by atoms with Gasteiger partial charge in [-0.1, -0.05) is 36.7 Å². The van der Waals surface area contributed by atoms with E-state index in [9.17, 15) is 14.4 Å². The van der Waals surface area contributed by atoms with Gasteiger partial charge in [0.1, 0.15) is 0 Å². The van der Waals surface area contributed by atoms with Gasteiger partial charge in [-0.2, -0.15) is 0 Å². The molecule has 1 saturated heterocycles. The second kappa shape index (κ2) is 9.03. The normalized spacial score (nSPS) is 16.2. The molecular formula is C19H25ClN2O4. The first-order valence-corrected chi connectivity index (χ1v) is 9.16. The van der Waals surface area contributed by atoms with E-state index in [1.54, 1.807) is 18.0 Å². The van der Waals surface area contributed by atoms with E-state index in [0.29, 0.717) is 37.4 Å². The quantitative estimate of drug-likeness (QED) is 0.821. The van der Waals surface area contributed by atoms with Crippen LogP contribution in [-0.2, 0) is 20.8 Å². The topological polar surface area (TPSA) is 77.9 Å². The summed E-state index contributed by atoms with van der Waals surface area (Å²) in [7, 11) is 1.62. The maximum absolute atomic E-state index is 12.6. The van der Waals surface area contributed by atoms with Crippen LogP contribution >= 0.6 is 11.6 Å². The van der Waals surface area contributed by atoms with Crippen molar-refractivity contribution in [3.8, 4) is 0 Å². The second-order valence-electron chi connectivity index (χ2n) is 6.88. The Kier molecular flexibility index (Phi) is 7.03. The lowest BCUT2D eigenvalue weighted by atomic mass is 9.97. The first kappa shape index (κ1) is 20.2. The number of benzene rings is 1. The molecule has 0 bridgehead atoms. The Hall–Kier alpha value is -2.08. The summed E-state index contributed by atoms with van der Waals surface area (Å²) >= 11 is 6.14. The monoisotopic (exact) mass is 380 g/mol. The van der Waals surface area contributed by atoms with Crippen molar-refractivity contribution in [3.63, 3.8) is 0 Å². The minimum Gasteiger partial charge on any atom is -0.481 e. The molecule has 1 unspecified atom stereocenters. The smallest absolute Gasteiger partial charge is 0.306 e. The molecule has 2 rings (SSSR count). The molecule has 0 aliphatic carbocycles. The van der Waals surface area contributed by atoms with Crippen molar-refractivity contribution in [3.05, 3.63) is 34.9 Å². The Morgan fingerprint density at radius 2 is 1.88 bits per heavy atom. The number of amides is 2. The van der Waals surface area contributed by atoms with Crippen molar-refractivity contribution in [2.75, 3.05) is 26.7 Å². The van der Waals surface area contributed by atoms with Gasteiger partial charge in [-0.3, -0.25) is 14.4 Å². The fraction of sp³-hybridized carbons (Fsp3) is 0.526. The summed E-state index contributed by atoms with van der Waals surface area (Å²) in [5.74, 6) is -1.73. The van der Waals surface area contributed by atoms with Crippen LogP contribution in [0.5, 0.6) is 0 Å². The number of rotatable bonds is 6. The number of piperidine rings is 1. The molecule has 1 aromatic carbocycles. The average molecular weight is 381 g/mol. The number of carbonyl (C=O) groups excluding carboxylic acids is 2. The third kappa shape index (κ3) is 5.21. The number of hydrogen-bond donors (Lipinski definition) is 1. The summed E-state index contributed by atoms with van der Waals surface area (Å²) in [6.07, 6.45) is 1.43. The van der Waals surface area contributed by atoms with E-state index >= 15 is 0 Å². The number of carbonyl (C=O) groups is 3. The van der Waals surface area contributed by atoms with E-state index in [4.69, 9.17) is 16.7 Å². The van der Waals surface area contributed by atoms with E-state index < -0.39 is 5.97 Å². The number of likely N-dealkylation sites (tertiary alicyclic amines) is 1. The fourth-order valence-electron chi connectivity index (χ4n) is 3.21. The number of halogens is 1. The molecule has 0 radical (unpaired) electrons. The second-order valence-corrected chi connectivity index (χ2v) is 7.29. The van der Waals surface area contributed by atoms with Crippen LogP contribution in [-0.4, -0.2) is 59.4 Å². The highest BCUT2D eigenvalue weighted by Gasteiger charge is 2.28. The van der Waals surface area contributed by atoms with Crippen LogP contribution in [0.15, 0.2) is 24.3 Å². The fourth-order valence-corrected chi connectivity index (χ4v) is 3.43. The van der Waals surface area contributed by atoms with Crippen LogP contribution in [0.25, 0.3) is 0 Å². The molecule has 7 heteroatoms. The van der Waals surface area contributed by atoms with Crippen LogP contribution in [0, 0.1) is 11.8 Å². The molecule has 2 amide bonds. The van der Waals surface area contributed by atoms with Crippen LogP contribution < -0.4 is 0 Å². The molecule has 1 aromatic rings. The molecule has 1 aliphatic rings. The van der Waals surface area contributed by atoms with Crippen LogP contribution in [0.2, 0.25) is 5.02 Å². The SMILES string of the molecule is CC(Cc1ccccc1Cl)C(=O)N(C)CC(=O)N1CCC(C(=O)O)CC1. The molecule has 0 aromatic heterocycles. The van der Waals surface area contributed by atoms with Gasteiger partial charge in [0.25, 0.3) is 0 Å². The van der Waals surface area contributed by atoms with Crippen molar-refractivity contribution < 1.29 is 19.5 Å². The predicted octanol–water partition coefficient (Wildman–Crippen LogP) is 2.30. The first-order valence-electron chi connectivity index (χ1n) is 8.78. The van der Waals surface area contributed by atoms with Gasteiger partial charge in [-0.25, -0.2) is 0 Å². The average Bonchev–Trinajstić information content (AvgIpc) is 2.62. The van der Waals surface area contributed by atoms with Gasteiger partial charge in [0, 0.05) is 31.1 Å². The molecule has 1 heterocycles. The molecule has 6 nitrogen and oxygen atoms in total. The van der Waals surface area contributed by atoms with E-state index in [0.717, 1.165) is 5.56 Å². The highest BCUT2D eigenvalue weighted by molar-refractivity contribution is 6.31. The van der Waals surface area contributed by atoms with Gasteiger partial charge in [0.15, 0.2) is 0 Å². The molecule has 0 saturated carbocycles. The van der Waals surface area contributed by atoms with Gasteiger partial charge >= 0.3 is 5.97 Å². The Labute approximate surface area is 158 Å². The van der Waals surface area contributed by atoms with Crippen molar-refractivity contribution in [2.45, 2.75) is 26.2 Å². The Morgan fingerprint density at radius 1 is 1.27 bits per heavy atom. The van der Waals surface area contributed by atoms with Crippen molar-refractivity contribution >= 4 is 29.4 Å². The maximum Gasteiger partial charge on any atom is 0.306 e. The molecule has 1 N–H and O–H groups in total. The lowest BCUT2D eigenvalue weighted by molar-refractivity contribution is -0.146. The Bertz CT molecular complexity index is 671. The lowest BCUT2D eigenvalue weighted by Crippen LogP contribution is -2.46. The van der Waals surface area contributed by atoms with Crippen LogP contribution in [0.4, 0.5) is 0 Å². The minimum absolute atomic E-state index is 0.00341. The third-order valence-corrected chi connectivity index (χ3v) is 5.22. The molecule has 1 fully saturated rings. The first-order chi connectivity index (χ1) is 12.3. The van der Waals surface area contributed by atoms with E-state index in [-0.39, 0.29) is 30.2 Å². The molecular weight excluding hydrogens is 356 g/mol. The summed E-state index contributed by atoms with van der Waals surface area (Å²) < 4.78 is 0. The minimum atomic E-state index is -0.808. The van der Waals surface area contributed by atoms with Gasteiger partial charge in [0.05, 0.1) is 12.5 Å². The summed E-state index contributed by atoms with van der Waals surface area (Å²) in [5, 5.41) is 9.65. The predicted molar refractivity (Wildman–Crippen MR) is 98.9 cm³/mol. The number of aliphatic carboxylic acids is 1. The zero-order valence-corrected chi connectivity index (χ0v) is 15.9. The molecule has 0 spiro atoms. The Balaban J connectivity index is 1.85. The third-order valence-electron chi connectivity index (χ3n) is 4.85. The summed E-state index contributed by atoms with van der Waals surface area (Å²) in [5.41, 5.74) is 0.908. The maximum atomic E-state index is 12.6. The number of nitrogens with zero attached hydrogens (tertiary/aromatic N) is 2. The molecule has 26 heavy (non-hydrogen) atoms. The number of carboxylic acids is 1. The summed E-state index contributed by atoms with van der Waals surface area (Å²) in [6.45, 7) is 2.68. The zero-order valence-electron chi connectivity index (χ0n) is 15.2. The van der Waals surface area contributed by atoms with E-state index in [1.807, 2.05) is 25.1 Å². The highest BCUT2D eigenvalue weighted by atomic mass is 35.5. The summed E-state index contributed by atoms with van der Waals surface area (Å²) in [6, 6.07) is 7.41. The largest absolute Gasteiger partial charge is 0.481 e. The van der Waals surface area contributed by atoms with Crippen LogP contribution in [0.1, 0.15) is 25.3 Å². The van der Waals surface area contributed by atoms with E-state index in [2.05, 4.69) is 0 Å². The van der Waals surface area contributed by atoms with Crippen molar-refractivity contribution in [1.29, 1.82) is 0 Å². The van der Waals surface area contributed by atoms with Crippen molar-refractivity contribution in [2.24, 2.45) is 11.8 Å². The van der Waals surface area contributed by atoms with Crippen LogP contribution in [0.3, 0.4) is 0 Å². The number of likely N-dealkylation sites (N-methyl/N-ethyl adjacent to an activating group) is 1.